The predicted molar refractivity (Wildman–Crippen MR) is 119 cm³/mol. The van der Waals surface area contributed by atoms with E-state index in [1.165, 1.54) is 0 Å². The van der Waals surface area contributed by atoms with Crippen LogP contribution in [0.15, 0.2) is 47.2 Å². The second-order valence-electron chi connectivity index (χ2n) is 10.6. The molecule has 190 valence electrons. The molecule has 8 heteroatoms. The first-order valence-electron chi connectivity index (χ1n) is 12.1. The highest BCUT2D eigenvalue weighted by Crippen LogP contribution is 2.71. The molecule has 1 aliphatic heterocycles. The average Bonchev–Trinajstić information content (AvgIpc) is 3.16. The van der Waals surface area contributed by atoms with Crippen LogP contribution in [0.3, 0.4) is 0 Å². The Balaban J connectivity index is 1.70. The Labute approximate surface area is 201 Å². The maximum Gasteiger partial charge on any atom is 0.456 e. The van der Waals surface area contributed by atoms with Gasteiger partial charge in [-0.25, -0.2) is 0 Å². The van der Waals surface area contributed by atoms with Crippen LogP contribution in [0, 0.1) is 17.3 Å². The molecule has 35 heavy (non-hydrogen) atoms. The van der Waals surface area contributed by atoms with Crippen LogP contribution in [0.2, 0.25) is 0 Å². The van der Waals surface area contributed by atoms with E-state index in [-0.39, 0.29) is 37.0 Å². The normalized spacial score (nSPS) is 34.9. The number of halogens is 5. The second kappa shape index (κ2) is 8.15. The van der Waals surface area contributed by atoms with Crippen LogP contribution in [0.5, 0.6) is 0 Å². The number of hydrogen-bond donors (Lipinski definition) is 0. The molecule has 0 aromatic heterocycles. The van der Waals surface area contributed by atoms with Crippen molar-refractivity contribution in [3.8, 4) is 0 Å². The van der Waals surface area contributed by atoms with Gasteiger partial charge in [0.1, 0.15) is 11.9 Å². The van der Waals surface area contributed by atoms with Crippen molar-refractivity contribution in [2.24, 2.45) is 17.3 Å². The summed E-state index contributed by atoms with van der Waals surface area (Å²) < 4.78 is 82.9. The molecule has 3 nitrogen and oxygen atoms in total. The Hall–Kier alpha value is -2.22. The molecule has 0 saturated heterocycles. The minimum atomic E-state index is -5.72. The molecule has 0 bridgehead atoms. The van der Waals surface area contributed by atoms with Crippen molar-refractivity contribution < 1.29 is 36.2 Å². The third kappa shape index (κ3) is 3.27. The lowest BCUT2D eigenvalue weighted by Crippen LogP contribution is -2.66. The number of fused-ring (bicyclic) bond motifs is 4. The van der Waals surface area contributed by atoms with Crippen LogP contribution in [0.4, 0.5) is 22.0 Å². The van der Waals surface area contributed by atoms with Crippen LogP contribution in [-0.2, 0) is 9.47 Å². The van der Waals surface area contributed by atoms with Gasteiger partial charge in [-0.1, -0.05) is 36.8 Å². The topological polar surface area (TPSA) is 35.5 Å². The van der Waals surface area contributed by atoms with Crippen molar-refractivity contribution in [1.29, 1.82) is 0 Å². The van der Waals surface area contributed by atoms with Gasteiger partial charge in [0.2, 0.25) is 0 Å². The Bertz CT molecular complexity index is 1070. The molecule has 1 heterocycles. The van der Waals surface area contributed by atoms with Gasteiger partial charge in [0.25, 0.3) is 0 Å². The first kappa shape index (κ1) is 24.5. The minimum absolute atomic E-state index is 0.112. The number of methoxy groups -OCH3 is 1. The molecule has 1 aromatic carbocycles. The second-order valence-corrected chi connectivity index (χ2v) is 10.6. The van der Waals surface area contributed by atoms with E-state index in [9.17, 15) is 18.0 Å². The minimum Gasteiger partial charge on any atom is -0.501 e. The SMILES string of the molecule is CO[C@@]1(C(F)(F)C(F)(F)F)CCC2C3CCC4=COCCC4=C3[C@@H](c3ccc(C=O)cc3)C[C@@]21C. The Morgan fingerprint density at radius 2 is 1.80 bits per heavy atom. The van der Waals surface area contributed by atoms with Crippen LogP contribution in [-0.4, -0.2) is 37.7 Å². The Kier molecular flexibility index (Phi) is 5.70. The largest absolute Gasteiger partial charge is 0.501 e. The van der Waals surface area contributed by atoms with Crippen LogP contribution in [0.1, 0.15) is 67.3 Å². The van der Waals surface area contributed by atoms with Gasteiger partial charge in [0.05, 0.1) is 12.9 Å². The Morgan fingerprint density at radius 1 is 1.09 bits per heavy atom. The quantitative estimate of drug-likeness (QED) is 0.333. The standard InChI is InChI=1S/C27H29F5O3/c1-24-13-21(17-5-3-16(14-33)4-6-17)23-19-10-12-35-15-18(19)7-8-20(23)22(24)9-11-25(24,34-2)26(28,29)27(30,31)32/h3-6,14-15,20-22H,7-13H2,1-2H3/t20?,21-,22?,24+,25+/m1/s1. The van der Waals surface area contributed by atoms with E-state index in [4.69, 9.17) is 9.47 Å². The summed E-state index contributed by atoms with van der Waals surface area (Å²) in [6, 6.07) is 6.93. The van der Waals surface area contributed by atoms with Gasteiger partial charge in [-0.3, -0.25) is 4.79 Å². The van der Waals surface area contributed by atoms with E-state index in [0.717, 1.165) is 35.7 Å². The summed E-state index contributed by atoms with van der Waals surface area (Å²) in [5.41, 5.74) is 0.654. The molecule has 5 atom stereocenters. The highest BCUT2D eigenvalue weighted by Gasteiger charge is 2.80. The van der Waals surface area contributed by atoms with Gasteiger partial charge in [0.15, 0.2) is 0 Å². The maximum atomic E-state index is 15.3. The molecule has 0 amide bonds. The number of benzene rings is 1. The Morgan fingerprint density at radius 3 is 2.43 bits per heavy atom. The lowest BCUT2D eigenvalue weighted by molar-refractivity contribution is -0.367. The molecule has 2 fully saturated rings. The summed E-state index contributed by atoms with van der Waals surface area (Å²) in [5, 5.41) is 0. The van der Waals surface area contributed by atoms with Crippen molar-refractivity contribution in [1.82, 2.24) is 0 Å². The summed E-state index contributed by atoms with van der Waals surface area (Å²) in [6.45, 7) is 2.10. The summed E-state index contributed by atoms with van der Waals surface area (Å²) in [5.74, 6) is -5.81. The lowest BCUT2D eigenvalue weighted by Gasteiger charge is -2.57. The summed E-state index contributed by atoms with van der Waals surface area (Å²) in [6.07, 6.45) is -1.12. The predicted octanol–water partition coefficient (Wildman–Crippen LogP) is 7.00. The third-order valence-electron chi connectivity index (χ3n) is 9.28. The van der Waals surface area contributed by atoms with Crippen molar-refractivity contribution in [3.63, 3.8) is 0 Å². The summed E-state index contributed by atoms with van der Waals surface area (Å²) >= 11 is 0. The van der Waals surface area contributed by atoms with Gasteiger partial charge in [-0.05, 0) is 60.6 Å². The first-order valence-corrected chi connectivity index (χ1v) is 12.1. The van der Waals surface area contributed by atoms with E-state index in [1.807, 2.05) is 0 Å². The number of aldehydes is 1. The van der Waals surface area contributed by atoms with E-state index < -0.39 is 23.1 Å². The number of alkyl halides is 5. The number of ether oxygens (including phenoxy) is 2. The lowest BCUT2D eigenvalue weighted by atomic mass is 9.50. The van der Waals surface area contributed by atoms with Gasteiger partial charge in [0, 0.05) is 30.4 Å². The fourth-order valence-corrected chi connectivity index (χ4v) is 7.74. The zero-order chi connectivity index (χ0) is 25.2. The number of hydrogen-bond acceptors (Lipinski definition) is 3. The number of carbonyl (C=O) groups excluding carboxylic acids is 1. The fraction of sp³-hybridized carbons (Fsp3) is 0.593. The van der Waals surface area contributed by atoms with E-state index in [1.54, 1.807) is 37.5 Å². The molecule has 2 saturated carbocycles. The van der Waals surface area contributed by atoms with Gasteiger partial charge >= 0.3 is 12.1 Å². The van der Waals surface area contributed by atoms with E-state index >= 15 is 8.78 Å². The molecular weight excluding hydrogens is 467 g/mol. The van der Waals surface area contributed by atoms with E-state index in [2.05, 4.69) is 0 Å². The monoisotopic (exact) mass is 496 g/mol. The van der Waals surface area contributed by atoms with Gasteiger partial charge < -0.3 is 9.47 Å². The average molecular weight is 497 g/mol. The van der Waals surface area contributed by atoms with Crippen LogP contribution < -0.4 is 0 Å². The molecule has 0 N–H and O–H groups in total. The summed E-state index contributed by atoms with van der Waals surface area (Å²) in [7, 11) is 0.995. The zero-order valence-electron chi connectivity index (χ0n) is 19.8. The molecular formula is C27H29F5O3. The van der Waals surface area contributed by atoms with Crippen molar-refractivity contribution in [2.45, 2.75) is 69.1 Å². The number of allylic oxidation sites excluding steroid dienone is 2. The highest BCUT2D eigenvalue weighted by atomic mass is 19.4. The maximum absolute atomic E-state index is 15.3. The first-order chi connectivity index (χ1) is 16.5. The molecule has 5 rings (SSSR count). The van der Waals surface area contributed by atoms with Gasteiger partial charge in [-0.2, -0.15) is 22.0 Å². The zero-order valence-corrected chi connectivity index (χ0v) is 19.8. The highest BCUT2D eigenvalue weighted by molar-refractivity contribution is 5.74. The van der Waals surface area contributed by atoms with E-state index in [0.29, 0.717) is 31.4 Å². The molecule has 1 aromatic rings. The van der Waals surface area contributed by atoms with Gasteiger partial charge in [-0.15, -0.1) is 0 Å². The van der Waals surface area contributed by atoms with Crippen molar-refractivity contribution in [3.05, 3.63) is 58.4 Å². The number of carbonyl (C=O) groups is 1. The summed E-state index contributed by atoms with van der Waals surface area (Å²) in [4.78, 5) is 11.2. The molecule has 2 unspecified atom stereocenters. The third-order valence-corrected chi connectivity index (χ3v) is 9.28. The van der Waals surface area contributed by atoms with Crippen molar-refractivity contribution in [2.75, 3.05) is 13.7 Å². The van der Waals surface area contributed by atoms with Crippen LogP contribution in [0.25, 0.3) is 0 Å². The molecule has 0 spiro atoms. The van der Waals surface area contributed by atoms with Crippen molar-refractivity contribution >= 4 is 6.29 Å². The fourth-order valence-electron chi connectivity index (χ4n) is 7.74. The van der Waals surface area contributed by atoms with Crippen LogP contribution >= 0.6 is 0 Å². The molecule has 4 aliphatic rings. The molecule has 3 aliphatic carbocycles. The number of rotatable bonds is 4. The molecule has 0 radical (unpaired) electrons. The smallest absolute Gasteiger partial charge is 0.456 e.